The number of pyridine rings is 1. The zero-order valence-electron chi connectivity index (χ0n) is 16.7. The van der Waals surface area contributed by atoms with Crippen molar-refractivity contribution in [1.29, 1.82) is 0 Å². The number of rotatable bonds is 5. The van der Waals surface area contributed by atoms with Crippen LogP contribution in [0, 0.1) is 0 Å². The van der Waals surface area contributed by atoms with Gasteiger partial charge in [-0.1, -0.05) is 25.1 Å². The first-order valence-corrected chi connectivity index (χ1v) is 9.99. The van der Waals surface area contributed by atoms with Crippen molar-refractivity contribution in [2.24, 2.45) is 0 Å². The first kappa shape index (κ1) is 19.7. The second-order valence-electron chi connectivity index (χ2n) is 7.09. The van der Waals surface area contributed by atoms with Gasteiger partial charge in [0, 0.05) is 29.6 Å². The Bertz CT molecular complexity index is 1150. The molecule has 7 nitrogen and oxygen atoms in total. The van der Waals surface area contributed by atoms with E-state index in [-0.39, 0.29) is 17.2 Å². The lowest BCUT2D eigenvalue weighted by molar-refractivity contribution is 0.102. The van der Waals surface area contributed by atoms with E-state index in [2.05, 4.69) is 31.7 Å². The Kier molecular flexibility index (Phi) is 5.81. The van der Waals surface area contributed by atoms with E-state index in [0.29, 0.717) is 16.8 Å². The van der Waals surface area contributed by atoms with Crippen molar-refractivity contribution in [1.82, 2.24) is 20.3 Å². The molecule has 4 rings (SSSR count). The van der Waals surface area contributed by atoms with Gasteiger partial charge in [0.15, 0.2) is 0 Å². The zero-order valence-corrected chi connectivity index (χ0v) is 16.7. The van der Waals surface area contributed by atoms with E-state index < -0.39 is 0 Å². The lowest BCUT2D eigenvalue weighted by Crippen LogP contribution is -2.20. The second-order valence-corrected chi connectivity index (χ2v) is 7.09. The van der Waals surface area contributed by atoms with E-state index >= 15 is 0 Å². The molecule has 0 radical (unpaired) electrons. The Balaban J connectivity index is 1.54. The highest BCUT2D eigenvalue weighted by atomic mass is 16.2. The molecule has 0 unspecified atom stereocenters. The maximum atomic E-state index is 12.7. The van der Waals surface area contributed by atoms with Crippen LogP contribution in [0.4, 0.5) is 5.69 Å². The number of nitrogens with one attached hydrogen (secondary N) is 3. The average molecular weight is 401 g/mol. The molecule has 1 aliphatic heterocycles. The summed E-state index contributed by atoms with van der Waals surface area (Å²) in [6.45, 7) is 3.83. The molecule has 0 bridgehead atoms. The summed E-state index contributed by atoms with van der Waals surface area (Å²) < 4.78 is 0. The maximum absolute atomic E-state index is 12.7. The molecule has 0 atom stereocenters. The number of aryl methyl sites for hydroxylation is 1. The monoisotopic (exact) mass is 401 g/mol. The Morgan fingerprint density at radius 1 is 1.13 bits per heavy atom. The van der Waals surface area contributed by atoms with E-state index in [1.165, 1.54) is 11.9 Å². The van der Waals surface area contributed by atoms with Gasteiger partial charge in [-0.2, -0.15) is 0 Å². The zero-order chi connectivity index (χ0) is 20.9. The van der Waals surface area contributed by atoms with E-state index in [4.69, 9.17) is 0 Å². The molecule has 3 heterocycles. The molecule has 152 valence electrons. The highest BCUT2D eigenvalue weighted by molar-refractivity contribution is 6.04. The van der Waals surface area contributed by atoms with Crippen LogP contribution >= 0.6 is 0 Å². The van der Waals surface area contributed by atoms with Crippen molar-refractivity contribution in [2.75, 3.05) is 18.4 Å². The van der Waals surface area contributed by atoms with Crippen LogP contribution in [-0.4, -0.2) is 33.9 Å². The number of anilines is 1. The highest BCUT2D eigenvalue weighted by Crippen LogP contribution is 2.21. The van der Waals surface area contributed by atoms with Crippen LogP contribution in [0.15, 0.2) is 59.8 Å². The quantitative estimate of drug-likeness (QED) is 0.610. The van der Waals surface area contributed by atoms with Crippen LogP contribution in [0.3, 0.4) is 0 Å². The van der Waals surface area contributed by atoms with Gasteiger partial charge in [-0.3, -0.25) is 9.59 Å². The highest BCUT2D eigenvalue weighted by Gasteiger charge is 2.12. The second kappa shape index (κ2) is 8.84. The molecule has 0 fully saturated rings. The van der Waals surface area contributed by atoms with Gasteiger partial charge in [-0.25, -0.2) is 9.97 Å². The molecule has 1 aliphatic rings. The molecule has 0 saturated carbocycles. The third-order valence-corrected chi connectivity index (χ3v) is 5.11. The summed E-state index contributed by atoms with van der Waals surface area (Å²) in [5.74, 6) is -0.333. The van der Waals surface area contributed by atoms with Crippen LogP contribution in [0.25, 0.3) is 16.8 Å². The first-order chi connectivity index (χ1) is 14.6. The summed E-state index contributed by atoms with van der Waals surface area (Å²) in [6.07, 6.45) is 7.00. The number of nitrogens with zero attached hydrogens (tertiary/aromatic N) is 2. The third kappa shape index (κ3) is 4.36. The van der Waals surface area contributed by atoms with Gasteiger partial charge < -0.3 is 15.6 Å². The van der Waals surface area contributed by atoms with Crippen LogP contribution < -0.4 is 16.2 Å². The minimum atomic E-state index is -0.367. The van der Waals surface area contributed by atoms with E-state index in [1.807, 2.05) is 25.1 Å². The average Bonchev–Trinajstić information content (AvgIpc) is 2.81. The minimum absolute atomic E-state index is 0.180. The van der Waals surface area contributed by atoms with Gasteiger partial charge in [0.25, 0.3) is 11.5 Å². The predicted octanol–water partition coefficient (Wildman–Crippen LogP) is 3.02. The van der Waals surface area contributed by atoms with Crippen LogP contribution in [-0.2, 0) is 6.42 Å². The summed E-state index contributed by atoms with van der Waals surface area (Å²) in [5.41, 5.74) is 5.00. The van der Waals surface area contributed by atoms with Crippen molar-refractivity contribution in [2.45, 2.75) is 19.8 Å². The normalized spacial score (nSPS) is 13.6. The Morgan fingerprint density at radius 3 is 2.70 bits per heavy atom. The molecule has 7 heteroatoms. The lowest BCUT2D eigenvalue weighted by atomic mass is 9.99. The molecular weight excluding hydrogens is 378 g/mol. The fourth-order valence-corrected chi connectivity index (χ4v) is 3.39. The van der Waals surface area contributed by atoms with E-state index in [1.54, 1.807) is 24.4 Å². The summed E-state index contributed by atoms with van der Waals surface area (Å²) in [6, 6.07) is 11.0. The summed E-state index contributed by atoms with van der Waals surface area (Å²) in [5, 5.41) is 6.00. The van der Waals surface area contributed by atoms with Crippen LogP contribution in [0.5, 0.6) is 0 Å². The van der Waals surface area contributed by atoms with Gasteiger partial charge in [0.1, 0.15) is 12.0 Å². The molecular formula is C23H23N5O2. The van der Waals surface area contributed by atoms with Crippen molar-refractivity contribution < 1.29 is 4.79 Å². The molecule has 1 aromatic carbocycles. The van der Waals surface area contributed by atoms with Gasteiger partial charge in [-0.15, -0.1) is 0 Å². The number of hydrogen-bond donors (Lipinski definition) is 3. The Morgan fingerprint density at radius 2 is 1.97 bits per heavy atom. The summed E-state index contributed by atoms with van der Waals surface area (Å²) in [4.78, 5) is 36.1. The summed E-state index contributed by atoms with van der Waals surface area (Å²) in [7, 11) is 0. The molecule has 0 aliphatic carbocycles. The smallest absolute Gasteiger partial charge is 0.271 e. The number of H-pyrrole nitrogens is 1. The number of aromatic nitrogens is 3. The Hall–Kier alpha value is -3.58. The Labute approximate surface area is 174 Å². The van der Waals surface area contributed by atoms with Crippen LogP contribution in [0.2, 0.25) is 0 Å². The van der Waals surface area contributed by atoms with E-state index in [0.717, 1.165) is 37.2 Å². The minimum Gasteiger partial charge on any atom is -0.327 e. The molecule has 1 amide bonds. The largest absolute Gasteiger partial charge is 0.327 e. The first-order valence-electron chi connectivity index (χ1n) is 9.99. The van der Waals surface area contributed by atoms with Gasteiger partial charge in [0.2, 0.25) is 0 Å². The number of carbonyl (C=O) groups excluding carboxylic acids is 1. The number of hydrogen-bond acceptors (Lipinski definition) is 5. The number of aromatic amines is 1. The van der Waals surface area contributed by atoms with Crippen LogP contribution in [0.1, 0.15) is 35.0 Å². The standard InChI is InChI=1S/C23H23N5O2/c1-2-19-12-20(27-14-26-19)18-11-21(23(30)25-13-18)28-22(29)17-5-3-15(4-6-17)16-7-9-24-10-8-16/h3-7,11-14,24H,2,8-10H2,1H3,(H,25,30)(H,28,29). The third-order valence-electron chi connectivity index (χ3n) is 5.11. The predicted molar refractivity (Wildman–Crippen MR) is 117 cm³/mol. The molecule has 2 aromatic heterocycles. The lowest BCUT2D eigenvalue weighted by Gasteiger charge is -2.14. The fraction of sp³-hybridized carbons (Fsp3) is 0.217. The molecule has 30 heavy (non-hydrogen) atoms. The van der Waals surface area contributed by atoms with Crippen molar-refractivity contribution in [3.8, 4) is 11.3 Å². The van der Waals surface area contributed by atoms with Crippen molar-refractivity contribution in [3.63, 3.8) is 0 Å². The van der Waals surface area contributed by atoms with E-state index in [9.17, 15) is 9.59 Å². The molecule has 3 N–H and O–H groups in total. The fourth-order valence-electron chi connectivity index (χ4n) is 3.39. The van der Waals surface area contributed by atoms with Gasteiger partial charge in [0.05, 0.1) is 5.69 Å². The SMILES string of the molecule is CCc1cc(-c2c[nH]c(=O)c(NC(=O)c3ccc(C4=CCNCC4)cc3)c2)ncn1. The summed E-state index contributed by atoms with van der Waals surface area (Å²) >= 11 is 0. The van der Waals surface area contributed by atoms with Crippen molar-refractivity contribution >= 4 is 17.2 Å². The number of carbonyl (C=O) groups is 1. The topological polar surface area (TPSA) is 99.8 Å². The van der Waals surface area contributed by atoms with Gasteiger partial charge in [-0.05, 0) is 54.8 Å². The molecule has 0 saturated heterocycles. The maximum Gasteiger partial charge on any atom is 0.271 e. The number of amides is 1. The molecule has 3 aromatic rings. The van der Waals surface area contributed by atoms with Gasteiger partial charge >= 0.3 is 0 Å². The molecule has 0 spiro atoms. The van der Waals surface area contributed by atoms with Crippen molar-refractivity contribution in [3.05, 3.63) is 82.2 Å². The number of benzene rings is 1.